The molecule has 0 atom stereocenters. The van der Waals surface area contributed by atoms with E-state index < -0.39 is 10.0 Å². The van der Waals surface area contributed by atoms with Crippen molar-refractivity contribution in [1.29, 1.82) is 0 Å². The van der Waals surface area contributed by atoms with Crippen molar-refractivity contribution in [1.82, 2.24) is 14.8 Å². The molecule has 30 heavy (non-hydrogen) atoms. The molecule has 3 rings (SSSR count). The standard InChI is InChI=1S/C19H21N5O5S/c1-28-16-6-3-14(4-7-16)23-30(26,27)18-11-15(5-8-17(18)29-2)22-19(25)9-10-24-13-20-12-21-24/h3-8,11-13,23H,9-10H2,1-2H3,(H,22,25). The quantitative estimate of drug-likeness (QED) is 0.532. The summed E-state index contributed by atoms with van der Waals surface area (Å²) in [5, 5.41) is 6.61. The summed E-state index contributed by atoms with van der Waals surface area (Å²) < 4.78 is 40.1. The van der Waals surface area contributed by atoms with Gasteiger partial charge in [-0.05, 0) is 42.5 Å². The molecule has 1 heterocycles. The van der Waals surface area contributed by atoms with E-state index in [1.54, 1.807) is 30.3 Å². The van der Waals surface area contributed by atoms with Crippen LogP contribution in [0.15, 0.2) is 60.0 Å². The van der Waals surface area contributed by atoms with Crippen LogP contribution in [0.1, 0.15) is 6.42 Å². The van der Waals surface area contributed by atoms with Gasteiger partial charge in [-0.2, -0.15) is 5.10 Å². The lowest BCUT2D eigenvalue weighted by Gasteiger charge is -2.14. The van der Waals surface area contributed by atoms with Crippen LogP contribution in [0.4, 0.5) is 11.4 Å². The molecule has 0 aliphatic rings. The number of nitrogens with zero attached hydrogens (tertiary/aromatic N) is 3. The normalized spacial score (nSPS) is 11.0. The summed E-state index contributed by atoms with van der Waals surface area (Å²) in [6.45, 7) is 0.353. The third kappa shape index (κ3) is 5.26. The number of rotatable bonds is 9. The van der Waals surface area contributed by atoms with Gasteiger partial charge < -0.3 is 14.8 Å². The summed E-state index contributed by atoms with van der Waals surface area (Å²) in [5.74, 6) is 0.463. The van der Waals surface area contributed by atoms with Gasteiger partial charge in [-0.25, -0.2) is 13.4 Å². The van der Waals surface area contributed by atoms with E-state index in [4.69, 9.17) is 9.47 Å². The summed E-state index contributed by atoms with van der Waals surface area (Å²) >= 11 is 0. The van der Waals surface area contributed by atoms with E-state index in [1.807, 2.05) is 0 Å². The highest BCUT2D eigenvalue weighted by molar-refractivity contribution is 7.92. The fourth-order valence-corrected chi connectivity index (χ4v) is 3.88. The molecule has 3 aromatic rings. The number of hydrogen-bond donors (Lipinski definition) is 2. The number of benzene rings is 2. The number of nitrogens with one attached hydrogen (secondary N) is 2. The zero-order chi connectivity index (χ0) is 21.6. The third-order valence-corrected chi connectivity index (χ3v) is 5.52. The van der Waals surface area contributed by atoms with Crippen LogP contribution in [0, 0.1) is 0 Å². The van der Waals surface area contributed by atoms with E-state index in [0.717, 1.165) is 0 Å². The maximum Gasteiger partial charge on any atom is 0.265 e. The van der Waals surface area contributed by atoms with Gasteiger partial charge in [0.25, 0.3) is 10.0 Å². The zero-order valence-corrected chi connectivity index (χ0v) is 17.2. The number of methoxy groups -OCH3 is 2. The van der Waals surface area contributed by atoms with Gasteiger partial charge in [0.15, 0.2) is 0 Å². The molecule has 0 radical (unpaired) electrons. The number of carbonyl (C=O) groups is 1. The van der Waals surface area contributed by atoms with Gasteiger partial charge in [-0.15, -0.1) is 0 Å². The number of sulfonamides is 1. The second-order valence-corrected chi connectivity index (χ2v) is 7.81. The molecule has 2 aromatic carbocycles. The summed E-state index contributed by atoms with van der Waals surface area (Å²) in [6, 6.07) is 10.8. The molecular weight excluding hydrogens is 410 g/mol. The average molecular weight is 431 g/mol. The Hall–Kier alpha value is -3.60. The molecule has 0 bridgehead atoms. The first-order valence-electron chi connectivity index (χ1n) is 8.88. The summed E-state index contributed by atoms with van der Waals surface area (Å²) in [6.07, 6.45) is 3.05. The molecule has 1 amide bonds. The smallest absolute Gasteiger partial charge is 0.265 e. The van der Waals surface area contributed by atoms with Crippen molar-refractivity contribution in [3.8, 4) is 11.5 Å². The number of carbonyl (C=O) groups excluding carboxylic acids is 1. The molecule has 1 aromatic heterocycles. The minimum atomic E-state index is -3.97. The number of aryl methyl sites for hydroxylation is 1. The third-order valence-electron chi connectivity index (χ3n) is 4.11. The lowest BCUT2D eigenvalue weighted by atomic mass is 10.3. The molecule has 158 valence electrons. The SMILES string of the molecule is COc1ccc(NS(=O)(=O)c2cc(NC(=O)CCn3cncn3)ccc2OC)cc1. The molecule has 0 saturated heterocycles. The van der Waals surface area contributed by atoms with Crippen LogP contribution < -0.4 is 19.5 Å². The molecular formula is C19H21N5O5S. The van der Waals surface area contributed by atoms with Gasteiger partial charge in [0.2, 0.25) is 5.91 Å². The summed E-state index contributed by atoms with van der Waals surface area (Å²) in [4.78, 5) is 15.9. The average Bonchev–Trinajstić information content (AvgIpc) is 3.26. The molecule has 0 aliphatic carbocycles. The first-order valence-corrected chi connectivity index (χ1v) is 10.4. The van der Waals surface area contributed by atoms with Gasteiger partial charge in [-0.3, -0.25) is 14.2 Å². The number of amides is 1. The second kappa shape index (κ2) is 9.27. The lowest BCUT2D eigenvalue weighted by Crippen LogP contribution is -2.17. The van der Waals surface area contributed by atoms with Gasteiger partial charge in [-0.1, -0.05) is 0 Å². The molecule has 10 nitrogen and oxygen atoms in total. The van der Waals surface area contributed by atoms with Crippen LogP contribution in [0.25, 0.3) is 0 Å². The fraction of sp³-hybridized carbons (Fsp3) is 0.211. The zero-order valence-electron chi connectivity index (χ0n) is 16.4. The topological polar surface area (TPSA) is 124 Å². The summed E-state index contributed by atoms with van der Waals surface area (Å²) in [5.41, 5.74) is 0.689. The van der Waals surface area contributed by atoms with Gasteiger partial charge >= 0.3 is 0 Å². The van der Waals surface area contributed by atoms with Crippen molar-refractivity contribution in [3.05, 3.63) is 55.1 Å². The molecule has 0 spiro atoms. The highest BCUT2D eigenvalue weighted by atomic mass is 32.2. The molecule has 0 aliphatic heterocycles. The van der Waals surface area contributed by atoms with Gasteiger partial charge in [0.1, 0.15) is 29.0 Å². The van der Waals surface area contributed by atoms with E-state index in [0.29, 0.717) is 23.7 Å². The van der Waals surface area contributed by atoms with Crippen molar-refractivity contribution < 1.29 is 22.7 Å². The Kier molecular flexibility index (Phi) is 6.52. The number of hydrogen-bond acceptors (Lipinski definition) is 7. The monoisotopic (exact) mass is 431 g/mol. The highest BCUT2D eigenvalue weighted by Crippen LogP contribution is 2.29. The second-order valence-electron chi connectivity index (χ2n) is 6.16. The molecule has 0 unspecified atom stereocenters. The van der Waals surface area contributed by atoms with Crippen LogP contribution in [0.5, 0.6) is 11.5 Å². The molecule has 2 N–H and O–H groups in total. The van der Waals surface area contributed by atoms with Crippen molar-refractivity contribution in [3.63, 3.8) is 0 Å². The maximum absolute atomic E-state index is 12.9. The number of aromatic nitrogens is 3. The summed E-state index contributed by atoms with van der Waals surface area (Å²) in [7, 11) is -1.07. The maximum atomic E-state index is 12.9. The van der Waals surface area contributed by atoms with Crippen molar-refractivity contribution in [2.45, 2.75) is 17.9 Å². The van der Waals surface area contributed by atoms with E-state index in [9.17, 15) is 13.2 Å². The van der Waals surface area contributed by atoms with Crippen LogP contribution in [-0.2, 0) is 21.4 Å². The highest BCUT2D eigenvalue weighted by Gasteiger charge is 2.21. The van der Waals surface area contributed by atoms with E-state index in [2.05, 4.69) is 20.1 Å². The van der Waals surface area contributed by atoms with Crippen LogP contribution in [-0.4, -0.2) is 43.3 Å². The number of anilines is 2. The van der Waals surface area contributed by atoms with Crippen LogP contribution in [0.2, 0.25) is 0 Å². The Bertz CT molecular complexity index is 1100. The van der Waals surface area contributed by atoms with E-state index in [-0.39, 0.29) is 23.0 Å². The van der Waals surface area contributed by atoms with Crippen molar-refractivity contribution in [2.24, 2.45) is 0 Å². The Morgan fingerprint density at radius 2 is 1.80 bits per heavy atom. The van der Waals surface area contributed by atoms with E-state index >= 15 is 0 Å². The fourth-order valence-electron chi connectivity index (χ4n) is 2.62. The van der Waals surface area contributed by atoms with E-state index in [1.165, 1.54) is 43.7 Å². The first kappa shape index (κ1) is 21.1. The Labute approximate surface area is 173 Å². The van der Waals surface area contributed by atoms with Crippen LogP contribution >= 0.6 is 0 Å². The minimum absolute atomic E-state index is 0.102. The van der Waals surface area contributed by atoms with Crippen LogP contribution in [0.3, 0.4) is 0 Å². The molecule has 11 heteroatoms. The van der Waals surface area contributed by atoms with Gasteiger partial charge in [0, 0.05) is 17.8 Å². The first-order chi connectivity index (χ1) is 14.4. The van der Waals surface area contributed by atoms with Crippen molar-refractivity contribution >= 4 is 27.3 Å². The molecule has 0 fully saturated rings. The van der Waals surface area contributed by atoms with Gasteiger partial charge in [0.05, 0.1) is 20.8 Å². The Morgan fingerprint density at radius 3 is 2.43 bits per heavy atom. The number of ether oxygens (including phenoxy) is 2. The van der Waals surface area contributed by atoms with Crippen molar-refractivity contribution in [2.75, 3.05) is 24.3 Å². The Balaban J connectivity index is 1.76. The minimum Gasteiger partial charge on any atom is -0.497 e. The predicted octanol–water partition coefficient (Wildman–Crippen LogP) is 2.12. The Morgan fingerprint density at radius 1 is 1.07 bits per heavy atom. The largest absolute Gasteiger partial charge is 0.497 e. The predicted molar refractivity (Wildman–Crippen MR) is 110 cm³/mol. The molecule has 0 saturated carbocycles. The lowest BCUT2D eigenvalue weighted by molar-refractivity contribution is -0.116.